The number of ether oxygens (including phenoxy) is 1. The van der Waals surface area contributed by atoms with Crippen molar-refractivity contribution in [1.82, 2.24) is 10.3 Å². The summed E-state index contributed by atoms with van der Waals surface area (Å²) >= 11 is 6.19. The van der Waals surface area contributed by atoms with Crippen molar-refractivity contribution in [3.8, 4) is 0 Å². The van der Waals surface area contributed by atoms with Gasteiger partial charge in [-0.25, -0.2) is 0 Å². The van der Waals surface area contributed by atoms with E-state index in [1.807, 2.05) is 36.4 Å². The topological polar surface area (TPSA) is 93.3 Å². The van der Waals surface area contributed by atoms with E-state index in [9.17, 15) is 4.79 Å². The third-order valence-corrected chi connectivity index (χ3v) is 5.45. The highest BCUT2D eigenvalue weighted by Crippen LogP contribution is 2.34. The van der Waals surface area contributed by atoms with Crippen LogP contribution in [0.15, 0.2) is 53.4 Å². The first kappa shape index (κ1) is 19.6. The Balaban J connectivity index is 1.39. The normalized spacial score (nSPS) is 16.8. The number of aromatic amines is 1. The fourth-order valence-corrected chi connectivity index (χ4v) is 3.89. The number of nitrogens with one attached hydrogen (secondary N) is 2. The summed E-state index contributed by atoms with van der Waals surface area (Å²) in [5.74, 6) is 0.694. The summed E-state index contributed by atoms with van der Waals surface area (Å²) in [4.78, 5) is 16.1. The number of fused-ring (bicyclic) bond motifs is 1. The molecule has 2 aromatic heterocycles. The molecule has 7 heteroatoms. The lowest BCUT2D eigenvalue weighted by molar-refractivity contribution is 0.0947. The first-order chi connectivity index (χ1) is 14.1. The van der Waals surface area contributed by atoms with Gasteiger partial charge >= 0.3 is 0 Å². The maximum atomic E-state index is 12.9. The van der Waals surface area contributed by atoms with E-state index in [0.717, 1.165) is 41.5 Å². The quantitative estimate of drug-likeness (QED) is 0.469. The number of hydrogen-bond acceptors (Lipinski definition) is 4. The highest BCUT2D eigenvalue weighted by molar-refractivity contribution is 6.31. The number of hydrogen-bond donors (Lipinski definition) is 3. The average molecular weight is 414 g/mol. The van der Waals surface area contributed by atoms with Crippen LogP contribution >= 0.6 is 11.6 Å². The van der Waals surface area contributed by atoms with Gasteiger partial charge in [0.2, 0.25) is 0 Å². The molecule has 2 atom stereocenters. The Hall–Kier alpha value is -2.70. The van der Waals surface area contributed by atoms with Crippen LogP contribution in [0, 0.1) is 0 Å². The molecule has 4 N–H and O–H groups in total. The second kappa shape index (κ2) is 8.76. The molecule has 29 heavy (non-hydrogen) atoms. The van der Waals surface area contributed by atoms with Crippen LogP contribution in [0.1, 0.15) is 53.0 Å². The minimum absolute atomic E-state index is 0.0225. The Morgan fingerprint density at radius 2 is 2.24 bits per heavy atom. The first-order valence-electron chi connectivity index (χ1n) is 9.80. The number of carbonyl (C=O) groups is 1. The standard InChI is InChI=1S/C22H24ClN3O3/c23-15-6-7-18-16(12-15)20(14-8-11-28-13-14)21(26-18)22(27)25-9-2-1-4-17(24)19-5-3-10-29-19/h3,5-8,10-12,14,17,26H,1-2,4,9,13,24H2,(H,25,27). The van der Waals surface area contributed by atoms with Crippen LogP contribution in [0.25, 0.3) is 10.9 Å². The van der Waals surface area contributed by atoms with E-state index in [2.05, 4.69) is 10.3 Å². The molecule has 1 amide bonds. The second-order valence-corrected chi connectivity index (χ2v) is 7.68. The Labute approximate surface area is 174 Å². The molecule has 0 bridgehead atoms. The summed E-state index contributed by atoms with van der Waals surface area (Å²) in [7, 11) is 0. The molecule has 4 rings (SSSR count). The molecule has 0 spiro atoms. The lowest BCUT2D eigenvalue weighted by atomic mass is 9.97. The highest BCUT2D eigenvalue weighted by atomic mass is 35.5. The summed E-state index contributed by atoms with van der Waals surface area (Å²) in [6.45, 7) is 1.10. The van der Waals surface area contributed by atoms with Crippen LogP contribution in [-0.2, 0) is 4.74 Å². The summed E-state index contributed by atoms with van der Waals surface area (Å²) in [5.41, 5.74) is 8.48. The molecule has 6 nitrogen and oxygen atoms in total. The maximum absolute atomic E-state index is 12.9. The van der Waals surface area contributed by atoms with Gasteiger partial charge in [0.1, 0.15) is 11.5 Å². The molecular formula is C22H24ClN3O3. The van der Waals surface area contributed by atoms with Crippen LogP contribution in [0.2, 0.25) is 5.02 Å². The summed E-state index contributed by atoms with van der Waals surface area (Å²) in [6.07, 6.45) is 7.83. The van der Waals surface area contributed by atoms with Crippen molar-refractivity contribution in [1.29, 1.82) is 0 Å². The van der Waals surface area contributed by atoms with Crippen molar-refractivity contribution in [3.05, 3.63) is 71.0 Å². The van der Waals surface area contributed by atoms with Gasteiger partial charge in [0, 0.05) is 34.0 Å². The molecule has 0 radical (unpaired) electrons. The molecule has 1 aliphatic rings. The van der Waals surface area contributed by atoms with E-state index >= 15 is 0 Å². The SMILES string of the molecule is NC(CCCCNC(=O)c1[nH]c2ccc(Cl)cc2c1C1C=COC1)c1ccco1. The monoisotopic (exact) mass is 413 g/mol. The van der Waals surface area contributed by atoms with Crippen LogP contribution in [0.4, 0.5) is 0 Å². The van der Waals surface area contributed by atoms with Crippen molar-refractivity contribution < 1.29 is 13.9 Å². The minimum Gasteiger partial charge on any atom is -0.501 e. The number of aromatic nitrogens is 1. The number of unbranched alkanes of at least 4 members (excludes halogenated alkanes) is 1. The van der Waals surface area contributed by atoms with Gasteiger partial charge < -0.3 is 25.2 Å². The fourth-order valence-electron chi connectivity index (χ4n) is 3.72. The Kier molecular flexibility index (Phi) is 5.92. The molecule has 0 saturated carbocycles. The van der Waals surface area contributed by atoms with Gasteiger partial charge in [-0.1, -0.05) is 11.6 Å². The molecule has 3 aromatic rings. The Bertz CT molecular complexity index is 1010. The second-order valence-electron chi connectivity index (χ2n) is 7.25. The van der Waals surface area contributed by atoms with Crippen molar-refractivity contribution in [3.63, 3.8) is 0 Å². The predicted octanol–water partition coefficient (Wildman–Crippen LogP) is 4.64. The van der Waals surface area contributed by atoms with E-state index in [4.69, 9.17) is 26.5 Å². The van der Waals surface area contributed by atoms with E-state index in [1.165, 1.54) is 0 Å². The van der Waals surface area contributed by atoms with Crippen LogP contribution in [0.5, 0.6) is 0 Å². The van der Waals surface area contributed by atoms with Crippen LogP contribution < -0.4 is 11.1 Å². The smallest absolute Gasteiger partial charge is 0.268 e. The number of furan rings is 1. The fraction of sp³-hybridized carbons (Fsp3) is 0.318. The Morgan fingerprint density at radius 1 is 1.34 bits per heavy atom. The molecule has 0 fully saturated rings. The lowest BCUT2D eigenvalue weighted by Crippen LogP contribution is -2.26. The number of nitrogens with two attached hydrogens (primary N) is 1. The number of rotatable bonds is 8. The summed E-state index contributed by atoms with van der Waals surface area (Å²) in [5, 5.41) is 4.61. The van der Waals surface area contributed by atoms with Gasteiger partial charge in [0.15, 0.2) is 0 Å². The molecule has 0 aliphatic carbocycles. The van der Waals surface area contributed by atoms with Crippen molar-refractivity contribution in [2.75, 3.05) is 13.2 Å². The van der Waals surface area contributed by atoms with Gasteiger partial charge in [0.25, 0.3) is 5.91 Å². The first-order valence-corrected chi connectivity index (χ1v) is 10.2. The maximum Gasteiger partial charge on any atom is 0.268 e. The zero-order chi connectivity index (χ0) is 20.2. The predicted molar refractivity (Wildman–Crippen MR) is 113 cm³/mol. The van der Waals surface area contributed by atoms with E-state index in [1.54, 1.807) is 12.5 Å². The van der Waals surface area contributed by atoms with Gasteiger partial charge in [-0.15, -0.1) is 0 Å². The zero-order valence-electron chi connectivity index (χ0n) is 16.0. The number of H-pyrrole nitrogens is 1. The Morgan fingerprint density at radius 3 is 3.00 bits per heavy atom. The third kappa shape index (κ3) is 4.33. The molecule has 2 unspecified atom stereocenters. The van der Waals surface area contributed by atoms with E-state index < -0.39 is 0 Å². The van der Waals surface area contributed by atoms with Crippen LogP contribution in [0.3, 0.4) is 0 Å². The molecule has 1 aliphatic heterocycles. The number of benzene rings is 1. The van der Waals surface area contributed by atoms with Crippen LogP contribution in [-0.4, -0.2) is 24.0 Å². The number of carbonyl (C=O) groups excluding carboxylic acids is 1. The molecule has 0 saturated heterocycles. The van der Waals surface area contributed by atoms with Crippen molar-refractivity contribution >= 4 is 28.4 Å². The zero-order valence-corrected chi connectivity index (χ0v) is 16.7. The molecule has 152 valence electrons. The summed E-state index contributed by atoms with van der Waals surface area (Å²) in [6, 6.07) is 9.21. The van der Waals surface area contributed by atoms with Crippen molar-refractivity contribution in [2.45, 2.75) is 31.2 Å². The van der Waals surface area contributed by atoms with Gasteiger partial charge in [-0.3, -0.25) is 4.79 Å². The number of amides is 1. The van der Waals surface area contributed by atoms with E-state index in [0.29, 0.717) is 23.9 Å². The number of halogens is 1. The average Bonchev–Trinajstić information content (AvgIpc) is 3.46. The largest absolute Gasteiger partial charge is 0.501 e. The van der Waals surface area contributed by atoms with Crippen molar-refractivity contribution in [2.24, 2.45) is 5.73 Å². The van der Waals surface area contributed by atoms with E-state index in [-0.39, 0.29) is 17.9 Å². The summed E-state index contributed by atoms with van der Waals surface area (Å²) < 4.78 is 10.7. The minimum atomic E-state index is -0.122. The molecular weight excluding hydrogens is 390 g/mol. The van der Waals surface area contributed by atoms with Gasteiger partial charge in [-0.05, 0) is 55.7 Å². The lowest BCUT2D eigenvalue weighted by Gasteiger charge is -2.11. The molecule has 3 heterocycles. The van der Waals surface area contributed by atoms with Gasteiger partial charge in [0.05, 0.1) is 25.2 Å². The molecule has 1 aromatic carbocycles. The van der Waals surface area contributed by atoms with Gasteiger partial charge in [-0.2, -0.15) is 0 Å². The highest BCUT2D eigenvalue weighted by Gasteiger charge is 2.25. The third-order valence-electron chi connectivity index (χ3n) is 5.22.